The lowest BCUT2D eigenvalue weighted by Crippen LogP contribution is -2.37. The molecule has 21 heavy (non-hydrogen) atoms. The molecule has 0 aliphatic rings. The van der Waals surface area contributed by atoms with Crippen molar-refractivity contribution in [3.63, 3.8) is 0 Å². The topological polar surface area (TPSA) is 92.6 Å². The summed E-state index contributed by atoms with van der Waals surface area (Å²) in [4.78, 5) is 11.1. The first-order valence-corrected chi connectivity index (χ1v) is 7.53. The van der Waals surface area contributed by atoms with Crippen molar-refractivity contribution < 1.29 is 5.11 Å². The number of nitrogens with zero attached hydrogens (tertiary/aromatic N) is 5. The monoisotopic (exact) mass is 292 g/mol. The Labute approximate surface area is 124 Å². The summed E-state index contributed by atoms with van der Waals surface area (Å²) in [5, 5.41) is 13.5. The molecule has 1 atom stereocenters. The largest absolute Gasteiger partial charge is 0.396 e. The van der Waals surface area contributed by atoms with Crippen molar-refractivity contribution >= 4 is 17.5 Å². The van der Waals surface area contributed by atoms with E-state index in [1.807, 2.05) is 0 Å². The molecule has 2 aromatic rings. The Morgan fingerprint density at radius 1 is 1.33 bits per heavy atom. The quantitative estimate of drug-likeness (QED) is 0.798. The maximum absolute atomic E-state index is 9.23. The molecule has 0 fully saturated rings. The van der Waals surface area contributed by atoms with Gasteiger partial charge >= 0.3 is 0 Å². The van der Waals surface area contributed by atoms with Crippen molar-refractivity contribution in [3.05, 3.63) is 11.8 Å². The molecule has 116 valence electrons. The van der Waals surface area contributed by atoms with Gasteiger partial charge in [0, 0.05) is 24.8 Å². The highest BCUT2D eigenvalue weighted by atomic mass is 16.3. The van der Waals surface area contributed by atoms with Gasteiger partial charge in [-0.2, -0.15) is 19.6 Å². The van der Waals surface area contributed by atoms with E-state index in [0.29, 0.717) is 18.3 Å². The summed E-state index contributed by atoms with van der Waals surface area (Å²) < 4.78 is 1.57. The number of aliphatic hydroxyl groups excluding tert-OH is 1. The van der Waals surface area contributed by atoms with Crippen molar-refractivity contribution in [2.24, 2.45) is 0 Å². The molecule has 0 aliphatic heterocycles. The van der Waals surface area contributed by atoms with Crippen LogP contribution >= 0.6 is 0 Å². The van der Waals surface area contributed by atoms with Crippen molar-refractivity contribution in [1.29, 1.82) is 0 Å². The van der Waals surface area contributed by atoms with Crippen LogP contribution in [0.25, 0.3) is 5.65 Å². The van der Waals surface area contributed by atoms with Crippen LogP contribution in [0, 0.1) is 0 Å². The number of hydrogen-bond acceptors (Lipinski definition) is 6. The van der Waals surface area contributed by atoms with Crippen LogP contribution in [0.15, 0.2) is 6.20 Å². The molecular weight excluding hydrogens is 268 g/mol. The molecule has 0 amide bonds. The van der Waals surface area contributed by atoms with E-state index in [2.05, 4.69) is 40.7 Å². The van der Waals surface area contributed by atoms with Crippen LogP contribution in [0.1, 0.15) is 39.2 Å². The van der Waals surface area contributed by atoms with Gasteiger partial charge in [-0.3, -0.25) is 0 Å². The lowest BCUT2D eigenvalue weighted by atomic mass is 10.1. The number of rotatable bonds is 7. The molecule has 0 radical (unpaired) electrons. The molecule has 7 heteroatoms. The molecule has 7 nitrogen and oxygen atoms in total. The van der Waals surface area contributed by atoms with Crippen molar-refractivity contribution in [1.82, 2.24) is 19.6 Å². The number of nitrogen functional groups attached to an aromatic ring is 1. The van der Waals surface area contributed by atoms with Crippen LogP contribution in [0.5, 0.6) is 0 Å². The second-order valence-corrected chi connectivity index (χ2v) is 5.00. The Balaban J connectivity index is 2.48. The van der Waals surface area contributed by atoms with E-state index in [-0.39, 0.29) is 12.6 Å². The number of fused-ring (bicyclic) bond motifs is 1. The van der Waals surface area contributed by atoms with Gasteiger partial charge in [-0.15, -0.1) is 0 Å². The van der Waals surface area contributed by atoms with E-state index < -0.39 is 0 Å². The number of hydrogen-bond donors (Lipinski definition) is 2. The Morgan fingerprint density at radius 2 is 2.10 bits per heavy atom. The molecule has 0 saturated carbocycles. The fraction of sp³-hybridized carbons (Fsp3) is 0.643. The van der Waals surface area contributed by atoms with Crippen molar-refractivity contribution in [3.8, 4) is 0 Å². The smallest absolute Gasteiger partial charge is 0.230 e. The first-order valence-electron chi connectivity index (χ1n) is 7.53. The predicted octanol–water partition coefficient (Wildman–Crippen LogP) is 1.26. The summed E-state index contributed by atoms with van der Waals surface area (Å²) in [7, 11) is 0. The Kier molecular flexibility index (Phi) is 4.95. The van der Waals surface area contributed by atoms with Crippen LogP contribution in [-0.4, -0.2) is 43.9 Å². The maximum Gasteiger partial charge on any atom is 0.230 e. The van der Waals surface area contributed by atoms with E-state index >= 15 is 0 Å². The zero-order chi connectivity index (χ0) is 15.4. The Morgan fingerprint density at radius 3 is 2.67 bits per heavy atom. The normalized spacial score (nSPS) is 12.8. The fourth-order valence-electron chi connectivity index (χ4n) is 2.60. The summed E-state index contributed by atoms with van der Waals surface area (Å²) >= 11 is 0. The second-order valence-electron chi connectivity index (χ2n) is 5.00. The van der Waals surface area contributed by atoms with Gasteiger partial charge in [-0.25, -0.2) is 0 Å². The predicted molar refractivity (Wildman–Crippen MR) is 83.4 cm³/mol. The summed E-state index contributed by atoms with van der Waals surface area (Å²) in [5.41, 5.74) is 7.82. The molecule has 0 saturated heterocycles. The molecule has 0 bridgehead atoms. The zero-order valence-electron chi connectivity index (χ0n) is 13.0. The number of aryl methyl sites for hydroxylation is 1. The van der Waals surface area contributed by atoms with Crippen LogP contribution in [0.2, 0.25) is 0 Å². The minimum atomic E-state index is 0.152. The number of anilines is 2. The fourth-order valence-corrected chi connectivity index (χ4v) is 2.60. The SMILES string of the molecule is CCc1cnn2c(N)nc(N(CC)C(CC)CCO)nc12. The molecule has 0 spiro atoms. The highest BCUT2D eigenvalue weighted by Gasteiger charge is 2.20. The standard InChI is InChI=1S/C14H24N6O/c1-4-10-9-16-20-12(10)17-14(18-13(20)15)19(6-3)11(5-2)7-8-21/h9,11,21H,4-8H2,1-3H3,(H2,15,17,18). The minimum absolute atomic E-state index is 0.152. The molecule has 0 aliphatic carbocycles. The second kappa shape index (κ2) is 6.71. The zero-order valence-corrected chi connectivity index (χ0v) is 13.0. The average molecular weight is 292 g/mol. The summed E-state index contributed by atoms with van der Waals surface area (Å²) in [6.07, 6.45) is 4.24. The van der Waals surface area contributed by atoms with Crippen molar-refractivity contribution in [2.75, 3.05) is 23.8 Å². The van der Waals surface area contributed by atoms with Gasteiger partial charge in [0.25, 0.3) is 0 Å². The van der Waals surface area contributed by atoms with Crippen LogP contribution in [-0.2, 0) is 6.42 Å². The number of aliphatic hydroxyl groups is 1. The Hall–Kier alpha value is -1.89. The lowest BCUT2D eigenvalue weighted by molar-refractivity contribution is 0.271. The highest BCUT2D eigenvalue weighted by Crippen LogP contribution is 2.20. The lowest BCUT2D eigenvalue weighted by Gasteiger charge is -2.29. The number of aromatic nitrogens is 4. The molecule has 1 unspecified atom stereocenters. The van der Waals surface area contributed by atoms with E-state index in [4.69, 9.17) is 5.73 Å². The van der Waals surface area contributed by atoms with Crippen molar-refractivity contribution in [2.45, 2.75) is 46.1 Å². The third-order valence-electron chi connectivity index (χ3n) is 3.81. The molecule has 0 aromatic carbocycles. The van der Waals surface area contributed by atoms with Gasteiger partial charge in [0.05, 0.1) is 6.20 Å². The molecule has 3 N–H and O–H groups in total. The Bertz CT molecular complexity index is 596. The number of nitrogens with two attached hydrogens (primary N) is 1. The maximum atomic E-state index is 9.23. The van der Waals surface area contributed by atoms with E-state index in [1.54, 1.807) is 10.7 Å². The minimum Gasteiger partial charge on any atom is -0.396 e. The summed E-state index contributed by atoms with van der Waals surface area (Å²) in [5.74, 6) is 0.949. The molecular formula is C14H24N6O. The van der Waals surface area contributed by atoms with E-state index in [1.165, 1.54) is 0 Å². The van der Waals surface area contributed by atoms with E-state index in [9.17, 15) is 5.11 Å². The molecule has 2 aromatic heterocycles. The van der Waals surface area contributed by atoms with E-state index in [0.717, 1.165) is 30.6 Å². The van der Waals surface area contributed by atoms with Crippen LogP contribution in [0.3, 0.4) is 0 Å². The summed E-state index contributed by atoms with van der Waals surface area (Å²) in [6, 6.07) is 0.204. The van der Waals surface area contributed by atoms with Gasteiger partial charge < -0.3 is 15.7 Å². The van der Waals surface area contributed by atoms with Crippen LogP contribution in [0.4, 0.5) is 11.9 Å². The third kappa shape index (κ3) is 2.92. The average Bonchev–Trinajstić information content (AvgIpc) is 2.90. The third-order valence-corrected chi connectivity index (χ3v) is 3.81. The summed E-state index contributed by atoms with van der Waals surface area (Å²) in [6.45, 7) is 7.14. The van der Waals surface area contributed by atoms with Gasteiger partial charge in [0.15, 0.2) is 5.65 Å². The molecule has 2 rings (SSSR count). The molecule has 2 heterocycles. The first-order chi connectivity index (χ1) is 10.2. The van der Waals surface area contributed by atoms with Gasteiger partial charge in [0.2, 0.25) is 11.9 Å². The van der Waals surface area contributed by atoms with Gasteiger partial charge in [0.1, 0.15) is 0 Å². The van der Waals surface area contributed by atoms with Crippen LogP contribution < -0.4 is 10.6 Å². The van der Waals surface area contributed by atoms with Gasteiger partial charge in [-0.1, -0.05) is 13.8 Å². The van der Waals surface area contributed by atoms with Gasteiger partial charge in [-0.05, 0) is 26.2 Å². The highest BCUT2D eigenvalue weighted by molar-refractivity contribution is 5.54. The first kappa shape index (κ1) is 15.5.